The second-order valence-electron chi connectivity index (χ2n) is 5.29. The molecule has 8 heteroatoms. The van der Waals surface area contributed by atoms with Gasteiger partial charge in [-0.3, -0.25) is 4.79 Å². The highest BCUT2D eigenvalue weighted by atomic mass is 16.6. The number of hydrogen-bond donors (Lipinski definition) is 2. The van der Waals surface area contributed by atoms with Crippen molar-refractivity contribution < 1.29 is 28.6 Å². The molecule has 0 spiro atoms. The van der Waals surface area contributed by atoms with Crippen LogP contribution in [-0.4, -0.2) is 31.7 Å². The maximum Gasteiger partial charge on any atom is 0.338 e. The van der Waals surface area contributed by atoms with Gasteiger partial charge in [0.05, 0.1) is 25.3 Å². The maximum atomic E-state index is 12.3. The Labute approximate surface area is 145 Å². The number of carbonyl (C=O) groups excluding carboxylic acids is 3. The van der Waals surface area contributed by atoms with E-state index in [1.807, 2.05) is 0 Å². The van der Waals surface area contributed by atoms with Crippen LogP contribution in [-0.2, 0) is 14.3 Å². The van der Waals surface area contributed by atoms with Gasteiger partial charge in [0.1, 0.15) is 0 Å². The van der Waals surface area contributed by atoms with E-state index in [1.165, 1.54) is 14.0 Å². The van der Waals surface area contributed by atoms with Gasteiger partial charge in [-0.2, -0.15) is 0 Å². The van der Waals surface area contributed by atoms with Crippen molar-refractivity contribution in [2.75, 3.05) is 13.7 Å². The number of carbonyl (C=O) groups is 3. The van der Waals surface area contributed by atoms with E-state index in [9.17, 15) is 14.4 Å². The van der Waals surface area contributed by atoms with Gasteiger partial charge < -0.3 is 24.8 Å². The first-order valence-electron chi connectivity index (χ1n) is 7.69. The molecular weight excluding hydrogens is 328 g/mol. The van der Waals surface area contributed by atoms with E-state index in [2.05, 4.69) is 10.6 Å². The molecule has 1 heterocycles. The average molecular weight is 348 g/mol. The Hall–Kier alpha value is -3.03. The highest BCUT2D eigenvalue weighted by Crippen LogP contribution is 2.34. The Bertz CT molecular complexity index is 741. The van der Waals surface area contributed by atoms with Gasteiger partial charge in [0.25, 0.3) is 0 Å². The Balaban J connectivity index is 2.46. The SMILES string of the molecule is CCOC(=O)C1=C(C)NC(=O)NC1c1ccc(OC(C)=O)c(OC)c1. The molecule has 0 fully saturated rings. The van der Waals surface area contributed by atoms with Crippen molar-refractivity contribution in [2.45, 2.75) is 26.8 Å². The van der Waals surface area contributed by atoms with E-state index < -0.39 is 24.0 Å². The molecule has 0 radical (unpaired) electrons. The Morgan fingerprint density at radius 2 is 1.96 bits per heavy atom. The molecule has 25 heavy (non-hydrogen) atoms. The van der Waals surface area contributed by atoms with Crippen molar-refractivity contribution in [2.24, 2.45) is 0 Å². The van der Waals surface area contributed by atoms with Crippen LogP contribution in [0.15, 0.2) is 29.5 Å². The van der Waals surface area contributed by atoms with Gasteiger partial charge in [-0.05, 0) is 31.5 Å². The smallest absolute Gasteiger partial charge is 0.338 e. The third-order valence-electron chi connectivity index (χ3n) is 3.54. The molecule has 1 aromatic rings. The average Bonchev–Trinajstić information content (AvgIpc) is 2.54. The molecule has 0 aliphatic carbocycles. The molecular formula is C17H20N2O6. The molecule has 1 aliphatic heterocycles. The molecule has 0 bridgehead atoms. The number of hydrogen-bond acceptors (Lipinski definition) is 6. The largest absolute Gasteiger partial charge is 0.493 e. The zero-order chi connectivity index (χ0) is 18.6. The van der Waals surface area contributed by atoms with E-state index in [0.29, 0.717) is 22.6 Å². The molecule has 1 aliphatic rings. The second-order valence-corrected chi connectivity index (χ2v) is 5.29. The normalized spacial score (nSPS) is 16.6. The van der Waals surface area contributed by atoms with Crippen molar-refractivity contribution >= 4 is 18.0 Å². The van der Waals surface area contributed by atoms with Crippen LogP contribution in [0.25, 0.3) is 0 Å². The van der Waals surface area contributed by atoms with E-state index >= 15 is 0 Å². The van der Waals surface area contributed by atoms with Crippen LogP contribution in [0, 0.1) is 0 Å². The van der Waals surface area contributed by atoms with Crippen LogP contribution in [0.1, 0.15) is 32.4 Å². The zero-order valence-corrected chi connectivity index (χ0v) is 14.5. The van der Waals surface area contributed by atoms with Gasteiger partial charge in [0.15, 0.2) is 11.5 Å². The summed E-state index contributed by atoms with van der Waals surface area (Å²) in [5, 5.41) is 5.25. The van der Waals surface area contributed by atoms with Crippen LogP contribution >= 0.6 is 0 Å². The van der Waals surface area contributed by atoms with Crippen molar-refractivity contribution in [3.8, 4) is 11.5 Å². The van der Waals surface area contributed by atoms with Crippen LogP contribution in [0.2, 0.25) is 0 Å². The number of methoxy groups -OCH3 is 1. The summed E-state index contributed by atoms with van der Waals surface area (Å²) in [5.74, 6) is -0.455. The first-order valence-corrected chi connectivity index (χ1v) is 7.69. The summed E-state index contributed by atoms with van der Waals surface area (Å²) in [6.07, 6.45) is 0. The van der Waals surface area contributed by atoms with Gasteiger partial charge in [-0.25, -0.2) is 9.59 Å². The molecule has 1 unspecified atom stereocenters. The standard InChI is InChI=1S/C17H20N2O6/c1-5-24-16(21)14-9(2)18-17(22)19-15(14)11-6-7-12(25-10(3)20)13(8-11)23-4/h6-8,15H,5H2,1-4H3,(H2,18,19,22). The molecule has 0 aromatic heterocycles. The van der Waals surface area contributed by atoms with E-state index in [1.54, 1.807) is 32.0 Å². The number of esters is 2. The first kappa shape index (κ1) is 18.3. The van der Waals surface area contributed by atoms with Crippen molar-refractivity contribution in [3.05, 3.63) is 35.0 Å². The van der Waals surface area contributed by atoms with Gasteiger partial charge in [0, 0.05) is 12.6 Å². The van der Waals surface area contributed by atoms with Crippen LogP contribution in [0.5, 0.6) is 11.5 Å². The summed E-state index contributed by atoms with van der Waals surface area (Å²) in [6.45, 7) is 4.83. The van der Waals surface area contributed by atoms with Crippen molar-refractivity contribution in [1.82, 2.24) is 10.6 Å². The van der Waals surface area contributed by atoms with Gasteiger partial charge >= 0.3 is 18.0 Å². The number of benzene rings is 1. The third-order valence-corrected chi connectivity index (χ3v) is 3.54. The summed E-state index contributed by atoms with van der Waals surface area (Å²) < 4.78 is 15.4. The Kier molecular flexibility index (Phi) is 5.63. The zero-order valence-electron chi connectivity index (χ0n) is 14.5. The lowest BCUT2D eigenvalue weighted by Crippen LogP contribution is -2.45. The lowest BCUT2D eigenvalue weighted by molar-refractivity contribution is -0.139. The van der Waals surface area contributed by atoms with Crippen molar-refractivity contribution in [1.29, 1.82) is 0 Å². The minimum absolute atomic E-state index is 0.213. The lowest BCUT2D eigenvalue weighted by Gasteiger charge is -2.28. The predicted octanol–water partition coefficient (Wildman–Crippen LogP) is 1.81. The lowest BCUT2D eigenvalue weighted by atomic mass is 9.95. The monoisotopic (exact) mass is 348 g/mol. The highest BCUT2D eigenvalue weighted by Gasteiger charge is 2.32. The van der Waals surface area contributed by atoms with E-state index in [-0.39, 0.29) is 12.4 Å². The van der Waals surface area contributed by atoms with Crippen LogP contribution in [0.4, 0.5) is 4.79 Å². The third kappa shape index (κ3) is 4.09. The van der Waals surface area contributed by atoms with Crippen molar-refractivity contribution in [3.63, 3.8) is 0 Å². The molecule has 2 amide bonds. The number of nitrogens with one attached hydrogen (secondary N) is 2. The number of urea groups is 1. The topological polar surface area (TPSA) is 103 Å². The fourth-order valence-corrected chi connectivity index (χ4v) is 2.53. The summed E-state index contributed by atoms with van der Waals surface area (Å²) in [6, 6.07) is 3.64. The molecule has 2 rings (SSSR count). The van der Waals surface area contributed by atoms with Crippen LogP contribution < -0.4 is 20.1 Å². The number of rotatable bonds is 5. The molecule has 8 nitrogen and oxygen atoms in total. The summed E-state index contributed by atoms with van der Waals surface area (Å²) in [5.41, 5.74) is 1.30. The molecule has 134 valence electrons. The van der Waals surface area contributed by atoms with Gasteiger partial charge in [-0.1, -0.05) is 6.07 Å². The minimum atomic E-state index is -0.715. The summed E-state index contributed by atoms with van der Waals surface area (Å²) in [7, 11) is 1.43. The molecule has 2 N–H and O–H groups in total. The first-order chi connectivity index (χ1) is 11.9. The van der Waals surface area contributed by atoms with Gasteiger partial charge in [0.2, 0.25) is 0 Å². The number of amides is 2. The van der Waals surface area contributed by atoms with E-state index in [0.717, 1.165) is 0 Å². The number of allylic oxidation sites excluding steroid dienone is 1. The molecule has 0 saturated carbocycles. The highest BCUT2D eigenvalue weighted by molar-refractivity contribution is 5.95. The fraction of sp³-hybridized carbons (Fsp3) is 0.353. The Morgan fingerprint density at radius 3 is 2.56 bits per heavy atom. The number of ether oxygens (including phenoxy) is 3. The van der Waals surface area contributed by atoms with Gasteiger partial charge in [-0.15, -0.1) is 0 Å². The summed E-state index contributed by atoms with van der Waals surface area (Å²) >= 11 is 0. The predicted molar refractivity (Wildman–Crippen MR) is 88.0 cm³/mol. The molecule has 1 aromatic carbocycles. The fourth-order valence-electron chi connectivity index (χ4n) is 2.53. The van der Waals surface area contributed by atoms with E-state index in [4.69, 9.17) is 14.2 Å². The van der Waals surface area contributed by atoms with Crippen LogP contribution in [0.3, 0.4) is 0 Å². The minimum Gasteiger partial charge on any atom is -0.493 e. The molecule has 1 atom stereocenters. The Morgan fingerprint density at radius 1 is 1.24 bits per heavy atom. The maximum absolute atomic E-state index is 12.3. The summed E-state index contributed by atoms with van der Waals surface area (Å²) in [4.78, 5) is 35.3. The molecule has 0 saturated heterocycles. The quantitative estimate of drug-likeness (QED) is 0.621. The second kappa shape index (κ2) is 7.69.